The van der Waals surface area contributed by atoms with Crippen molar-refractivity contribution in [2.24, 2.45) is 5.92 Å². The van der Waals surface area contributed by atoms with E-state index in [0.29, 0.717) is 5.56 Å². The lowest BCUT2D eigenvalue weighted by atomic mass is 10.0. The van der Waals surface area contributed by atoms with Gasteiger partial charge in [0.25, 0.3) is 5.91 Å². The topological polar surface area (TPSA) is 88.1 Å². The molecule has 3 rings (SSSR count). The van der Waals surface area contributed by atoms with E-state index in [9.17, 15) is 22.8 Å². The molecule has 1 fully saturated rings. The van der Waals surface area contributed by atoms with Gasteiger partial charge in [-0.25, -0.2) is 5.48 Å². The first-order chi connectivity index (χ1) is 11.8. The number of nitrogens with one attached hydrogen (secondary N) is 1. The van der Waals surface area contributed by atoms with Gasteiger partial charge >= 0.3 is 6.18 Å². The fourth-order valence-corrected chi connectivity index (χ4v) is 2.69. The summed E-state index contributed by atoms with van der Waals surface area (Å²) < 4.78 is 50.3. The van der Waals surface area contributed by atoms with E-state index in [1.807, 2.05) is 0 Å². The molecule has 1 atom stereocenters. The van der Waals surface area contributed by atoms with Crippen molar-refractivity contribution in [3.8, 4) is 5.75 Å². The number of halogens is 3. The molecule has 1 unspecified atom stereocenters. The first kappa shape index (κ1) is 17.5. The number of hydrogen-bond donors (Lipinski definition) is 2. The third-order valence-electron chi connectivity index (χ3n) is 4.19. The van der Waals surface area contributed by atoms with Crippen LogP contribution in [-0.4, -0.2) is 54.0 Å². The van der Waals surface area contributed by atoms with E-state index < -0.39 is 36.6 Å². The van der Waals surface area contributed by atoms with E-state index >= 15 is 0 Å². The minimum atomic E-state index is -4.66. The molecule has 2 aliphatic rings. The van der Waals surface area contributed by atoms with Crippen LogP contribution in [0.5, 0.6) is 5.75 Å². The minimum Gasteiger partial charge on any atom is -0.491 e. The number of alkyl halides is 3. The lowest BCUT2D eigenvalue weighted by molar-refractivity contribution is -0.201. The number of nitrogens with zero attached hydrogens (tertiary/aromatic N) is 1. The molecular formula is C15H15F3N2O5. The van der Waals surface area contributed by atoms with Gasteiger partial charge in [-0.2, -0.15) is 13.2 Å². The molecule has 7 nitrogen and oxygen atoms in total. The van der Waals surface area contributed by atoms with Crippen molar-refractivity contribution in [1.29, 1.82) is 0 Å². The molecule has 0 radical (unpaired) electrons. The summed E-state index contributed by atoms with van der Waals surface area (Å²) in [4.78, 5) is 24.6. The predicted octanol–water partition coefficient (Wildman–Crippen LogP) is 1.10. The Kier molecular flexibility index (Phi) is 4.56. The lowest BCUT2D eigenvalue weighted by Gasteiger charge is -2.35. The van der Waals surface area contributed by atoms with Crippen LogP contribution in [0, 0.1) is 5.92 Å². The van der Waals surface area contributed by atoms with Gasteiger partial charge in [-0.15, -0.1) is 0 Å². The molecule has 0 aliphatic carbocycles. The maximum Gasteiger partial charge on any atom is 0.412 e. The van der Waals surface area contributed by atoms with E-state index in [1.165, 1.54) is 23.7 Å². The summed E-state index contributed by atoms with van der Waals surface area (Å²) >= 11 is 0. The van der Waals surface area contributed by atoms with Gasteiger partial charge in [0.2, 0.25) is 5.91 Å². The maximum absolute atomic E-state index is 13.4. The Hall–Kier alpha value is -2.33. The number of rotatable bonds is 2. The van der Waals surface area contributed by atoms with Crippen molar-refractivity contribution in [1.82, 2.24) is 10.4 Å². The zero-order valence-corrected chi connectivity index (χ0v) is 12.9. The van der Waals surface area contributed by atoms with Gasteiger partial charge in [-0.05, 0) is 12.1 Å². The molecule has 1 saturated heterocycles. The molecule has 2 heterocycles. The molecule has 2 aliphatic heterocycles. The molecule has 1 aromatic rings. The highest BCUT2D eigenvalue weighted by Gasteiger charge is 2.49. The van der Waals surface area contributed by atoms with Crippen molar-refractivity contribution in [3.05, 3.63) is 29.3 Å². The van der Waals surface area contributed by atoms with Crippen LogP contribution in [0.4, 0.5) is 13.2 Å². The summed E-state index contributed by atoms with van der Waals surface area (Å²) in [5, 5.41) is 8.65. The van der Waals surface area contributed by atoms with Crippen molar-refractivity contribution in [2.75, 3.05) is 19.8 Å². The predicted molar refractivity (Wildman–Crippen MR) is 75.9 cm³/mol. The number of fused-ring (bicyclic) bond motifs is 1. The van der Waals surface area contributed by atoms with E-state index in [2.05, 4.69) is 0 Å². The number of ether oxygens (including phenoxy) is 2. The Morgan fingerprint density at radius 3 is 2.52 bits per heavy atom. The van der Waals surface area contributed by atoms with Crippen LogP contribution in [0.2, 0.25) is 0 Å². The average molecular weight is 360 g/mol. The van der Waals surface area contributed by atoms with Crippen LogP contribution >= 0.6 is 0 Å². The summed E-state index contributed by atoms with van der Waals surface area (Å²) in [7, 11) is 0. The van der Waals surface area contributed by atoms with Crippen LogP contribution in [0.3, 0.4) is 0 Å². The maximum atomic E-state index is 13.4. The molecule has 2 amide bonds. The van der Waals surface area contributed by atoms with Gasteiger partial charge in [0.1, 0.15) is 12.4 Å². The zero-order chi connectivity index (χ0) is 18.2. The van der Waals surface area contributed by atoms with Crippen LogP contribution in [0.15, 0.2) is 18.2 Å². The van der Waals surface area contributed by atoms with Crippen molar-refractivity contribution >= 4 is 11.8 Å². The van der Waals surface area contributed by atoms with Gasteiger partial charge in [0.15, 0.2) is 6.04 Å². The number of benzene rings is 1. The summed E-state index contributed by atoms with van der Waals surface area (Å²) in [6.07, 6.45) is -4.66. The van der Waals surface area contributed by atoms with Crippen LogP contribution in [-0.2, 0) is 16.1 Å². The molecule has 1 aromatic carbocycles. The van der Waals surface area contributed by atoms with Crippen molar-refractivity contribution < 1.29 is 37.4 Å². The normalized spacial score (nSPS) is 20.8. The van der Waals surface area contributed by atoms with Gasteiger partial charge in [-0.1, -0.05) is 6.07 Å². The number of amides is 2. The number of carbonyl (C=O) groups excluding carboxylic acids is 2. The smallest absolute Gasteiger partial charge is 0.412 e. The van der Waals surface area contributed by atoms with Gasteiger partial charge in [0, 0.05) is 11.1 Å². The Morgan fingerprint density at radius 1 is 1.24 bits per heavy atom. The van der Waals surface area contributed by atoms with Crippen LogP contribution < -0.4 is 10.2 Å². The van der Waals surface area contributed by atoms with Crippen LogP contribution in [0.1, 0.15) is 15.9 Å². The highest BCUT2D eigenvalue weighted by atomic mass is 19.4. The van der Waals surface area contributed by atoms with E-state index in [0.717, 1.165) is 4.90 Å². The highest BCUT2D eigenvalue weighted by molar-refractivity contribution is 5.93. The summed E-state index contributed by atoms with van der Waals surface area (Å²) in [6, 6.07) is 1.87. The third kappa shape index (κ3) is 3.40. The van der Waals surface area contributed by atoms with Crippen molar-refractivity contribution in [2.45, 2.75) is 18.8 Å². The second-order valence-electron chi connectivity index (χ2n) is 5.83. The molecule has 25 heavy (non-hydrogen) atoms. The SMILES string of the molecule is O=C(NO)c1ccc2c(c1)OCC(C(F)(F)F)N(C(=O)C1COC1)C2. The van der Waals surface area contributed by atoms with Crippen LogP contribution in [0.25, 0.3) is 0 Å². The average Bonchev–Trinajstić information content (AvgIpc) is 2.70. The van der Waals surface area contributed by atoms with E-state index in [4.69, 9.17) is 14.7 Å². The Balaban J connectivity index is 1.93. The van der Waals surface area contributed by atoms with Gasteiger partial charge < -0.3 is 14.4 Å². The van der Waals surface area contributed by atoms with Gasteiger partial charge in [-0.3, -0.25) is 14.8 Å². The third-order valence-corrected chi connectivity index (χ3v) is 4.19. The molecule has 10 heteroatoms. The Labute approximate surface area is 140 Å². The first-order valence-corrected chi connectivity index (χ1v) is 7.46. The van der Waals surface area contributed by atoms with E-state index in [1.54, 1.807) is 0 Å². The molecule has 0 saturated carbocycles. The van der Waals surface area contributed by atoms with Crippen molar-refractivity contribution in [3.63, 3.8) is 0 Å². The molecule has 0 spiro atoms. The standard InChI is InChI=1S/C15H15F3N2O5/c16-15(17,18)12-7-25-11-3-8(13(21)19-23)1-2-9(11)4-20(12)14(22)10-5-24-6-10/h1-3,10,12,23H,4-7H2,(H,19,21). The van der Waals surface area contributed by atoms with E-state index in [-0.39, 0.29) is 31.1 Å². The molecule has 2 N–H and O–H groups in total. The minimum absolute atomic E-state index is 0.0250. The number of carbonyl (C=O) groups is 2. The fraction of sp³-hybridized carbons (Fsp3) is 0.467. The fourth-order valence-electron chi connectivity index (χ4n) is 2.69. The zero-order valence-electron chi connectivity index (χ0n) is 12.9. The largest absolute Gasteiger partial charge is 0.491 e. The molecule has 136 valence electrons. The number of hydrogen-bond acceptors (Lipinski definition) is 5. The summed E-state index contributed by atoms with van der Waals surface area (Å²) in [5.74, 6) is -1.98. The lowest BCUT2D eigenvalue weighted by Crippen LogP contribution is -2.54. The molecule has 0 aromatic heterocycles. The number of hydroxylamine groups is 1. The molecular weight excluding hydrogens is 345 g/mol. The Morgan fingerprint density at radius 2 is 1.96 bits per heavy atom. The second-order valence-corrected chi connectivity index (χ2v) is 5.83. The first-order valence-electron chi connectivity index (χ1n) is 7.46. The monoisotopic (exact) mass is 360 g/mol. The summed E-state index contributed by atoms with van der Waals surface area (Å²) in [6.45, 7) is -0.873. The second kappa shape index (κ2) is 6.52. The summed E-state index contributed by atoms with van der Waals surface area (Å²) in [5.41, 5.74) is 1.81. The Bertz CT molecular complexity index is 690. The quantitative estimate of drug-likeness (QED) is 0.609. The molecule has 0 bridgehead atoms. The highest BCUT2D eigenvalue weighted by Crippen LogP contribution is 2.34. The van der Waals surface area contributed by atoms with Gasteiger partial charge in [0.05, 0.1) is 25.7 Å².